The lowest BCUT2D eigenvalue weighted by Crippen LogP contribution is -2.55. The van der Waals surface area contributed by atoms with E-state index >= 15 is 0 Å². The van der Waals surface area contributed by atoms with E-state index in [2.05, 4.69) is 0 Å². The molecule has 2 aliphatic heterocycles. The number of nitrogens with two attached hydrogens (primary N) is 1. The van der Waals surface area contributed by atoms with E-state index in [4.69, 9.17) is 10.5 Å². The van der Waals surface area contributed by atoms with Gasteiger partial charge in [0.2, 0.25) is 5.91 Å². The number of carbonyl (C=O) groups excluding carboxylic acids is 3. The van der Waals surface area contributed by atoms with E-state index in [0.717, 1.165) is 16.7 Å². The lowest BCUT2D eigenvalue weighted by Gasteiger charge is -2.37. The third kappa shape index (κ3) is 2.73. The van der Waals surface area contributed by atoms with E-state index in [1.807, 2.05) is 36.4 Å². The average molecular weight is 350 g/mol. The number of fused-ring (bicyclic) bond motifs is 2. The van der Waals surface area contributed by atoms with Crippen LogP contribution in [-0.4, -0.2) is 34.8 Å². The molecule has 2 atom stereocenters. The van der Waals surface area contributed by atoms with Gasteiger partial charge < -0.3 is 15.4 Å². The van der Waals surface area contributed by atoms with Crippen LogP contribution in [-0.2, 0) is 33.7 Å². The number of esters is 1. The zero-order valence-corrected chi connectivity index (χ0v) is 14.1. The van der Waals surface area contributed by atoms with Crippen molar-refractivity contribution in [1.82, 2.24) is 4.90 Å². The van der Waals surface area contributed by atoms with Crippen molar-refractivity contribution >= 4 is 17.8 Å². The second kappa shape index (κ2) is 6.29. The molecule has 0 aromatic heterocycles. The minimum absolute atomic E-state index is 0.276. The Bertz CT molecular complexity index is 908. The molecule has 0 bridgehead atoms. The summed E-state index contributed by atoms with van der Waals surface area (Å²) in [6.45, 7) is 0.276. The Hall–Kier alpha value is -3.15. The molecule has 26 heavy (non-hydrogen) atoms. The van der Waals surface area contributed by atoms with Crippen LogP contribution in [0.15, 0.2) is 48.5 Å². The second-order valence-electron chi connectivity index (χ2n) is 6.61. The highest BCUT2D eigenvalue weighted by molar-refractivity contribution is 5.97. The molecule has 132 valence electrons. The van der Waals surface area contributed by atoms with Crippen molar-refractivity contribution < 1.29 is 19.1 Å². The van der Waals surface area contributed by atoms with E-state index in [1.165, 1.54) is 4.90 Å². The first-order valence-corrected chi connectivity index (χ1v) is 8.50. The minimum atomic E-state index is -0.940. The Balaban J connectivity index is 1.63. The van der Waals surface area contributed by atoms with Crippen LogP contribution >= 0.6 is 0 Å². The average Bonchev–Trinajstić information content (AvgIpc) is 2.66. The summed E-state index contributed by atoms with van der Waals surface area (Å²) < 4.78 is 5.36. The maximum atomic E-state index is 13.1. The molecule has 4 rings (SSSR count). The Morgan fingerprint density at radius 2 is 1.62 bits per heavy atom. The summed E-state index contributed by atoms with van der Waals surface area (Å²) in [5.74, 6) is -1.46. The third-order valence-corrected chi connectivity index (χ3v) is 5.03. The number of cyclic esters (lactones) is 1. The Labute approximate surface area is 150 Å². The van der Waals surface area contributed by atoms with E-state index < -0.39 is 24.0 Å². The first kappa shape index (κ1) is 16.3. The summed E-state index contributed by atoms with van der Waals surface area (Å²) in [6.07, 6.45) is -0.275. The molecule has 2 aliphatic rings. The van der Waals surface area contributed by atoms with Gasteiger partial charge >= 0.3 is 5.97 Å². The van der Waals surface area contributed by atoms with Gasteiger partial charge in [0.25, 0.3) is 5.91 Å². The second-order valence-corrected chi connectivity index (χ2v) is 6.61. The number of primary amides is 1. The van der Waals surface area contributed by atoms with Crippen molar-refractivity contribution in [3.05, 3.63) is 70.8 Å². The fourth-order valence-electron chi connectivity index (χ4n) is 3.66. The summed E-state index contributed by atoms with van der Waals surface area (Å²) >= 11 is 0. The molecule has 6 nitrogen and oxygen atoms in total. The van der Waals surface area contributed by atoms with E-state index in [1.54, 1.807) is 12.1 Å². The van der Waals surface area contributed by atoms with Crippen LogP contribution in [0.2, 0.25) is 0 Å². The number of carbonyl (C=O) groups is 3. The van der Waals surface area contributed by atoms with Crippen LogP contribution in [0, 0.1) is 0 Å². The first-order chi connectivity index (χ1) is 12.5. The molecule has 0 spiro atoms. The predicted octanol–water partition coefficient (Wildman–Crippen LogP) is 1.21. The first-order valence-electron chi connectivity index (χ1n) is 8.50. The van der Waals surface area contributed by atoms with E-state index in [0.29, 0.717) is 18.4 Å². The van der Waals surface area contributed by atoms with Gasteiger partial charge in [-0.3, -0.25) is 9.59 Å². The van der Waals surface area contributed by atoms with Gasteiger partial charge in [-0.1, -0.05) is 42.5 Å². The van der Waals surface area contributed by atoms with Gasteiger partial charge in [-0.2, -0.15) is 0 Å². The third-order valence-electron chi connectivity index (χ3n) is 5.03. The molecular weight excluding hydrogens is 332 g/mol. The topological polar surface area (TPSA) is 89.7 Å². The van der Waals surface area contributed by atoms with Crippen LogP contribution in [0.4, 0.5) is 0 Å². The highest BCUT2D eigenvalue weighted by Gasteiger charge is 2.40. The molecule has 2 N–H and O–H groups in total. The number of nitrogens with zero attached hydrogens (tertiary/aromatic N) is 1. The normalized spacial score (nSPS) is 21.4. The smallest absolute Gasteiger partial charge is 0.339 e. The van der Waals surface area contributed by atoms with Crippen molar-refractivity contribution in [3.63, 3.8) is 0 Å². The molecule has 0 unspecified atom stereocenters. The monoisotopic (exact) mass is 350 g/mol. The molecule has 2 aromatic carbocycles. The number of amides is 2. The molecule has 2 aromatic rings. The van der Waals surface area contributed by atoms with Gasteiger partial charge in [-0.15, -0.1) is 0 Å². The molecule has 0 aliphatic carbocycles. The molecule has 2 heterocycles. The molecule has 0 radical (unpaired) electrons. The predicted molar refractivity (Wildman–Crippen MR) is 93.0 cm³/mol. The van der Waals surface area contributed by atoms with Crippen LogP contribution in [0.25, 0.3) is 0 Å². The summed E-state index contributed by atoms with van der Waals surface area (Å²) in [7, 11) is 0. The molecular formula is C20H18N2O4. The van der Waals surface area contributed by atoms with Crippen molar-refractivity contribution in [2.45, 2.75) is 31.5 Å². The molecule has 6 heteroatoms. The highest BCUT2D eigenvalue weighted by atomic mass is 16.5. The van der Waals surface area contributed by atoms with Crippen LogP contribution in [0.5, 0.6) is 0 Å². The standard InChI is InChI=1S/C20H18N2O4/c21-18(23)16-9-12-5-1-2-7-14(12)11-22(16)19(24)17-10-13-6-3-4-8-15(13)20(25)26-17/h1-8,16-17H,9-11H2,(H2,21,23)/t16-,17+/m1/s1. The van der Waals surface area contributed by atoms with Gasteiger partial charge in [0, 0.05) is 19.4 Å². The maximum absolute atomic E-state index is 13.1. The number of hydrogen-bond donors (Lipinski definition) is 1. The van der Waals surface area contributed by atoms with Crippen molar-refractivity contribution in [2.24, 2.45) is 5.73 Å². The zero-order chi connectivity index (χ0) is 18.3. The summed E-state index contributed by atoms with van der Waals surface area (Å²) in [5.41, 5.74) is 8.78. The lowest BCUT2D eigenvalue weighted by molar-refractivity contribution is -0.148. The quantitative estimate of drug-likeness (QED) is 0.825. The van der Waals surface area contributed by atoms with Gasteiger partial charge in [-0.25, -0.2) is 4.79 Å². The van der Waals surface area contributed by atoms with Gasteiger partial charge in [0.05, 0.1) is 5.56 Å². The van der Waals surface area contributed by atoms with E-state index in [9.17, 15) is 14.4 Å². The van der Waals surface area contributed by atoms with Crippen LogP contribution in [0.3, 0.4) is 0 Å². The number of benzene rings is 2. The summed E-state index contributed by atoms with van der Waals surface area (Å²) in [4.78, 5) is 38.7. The summed E-state index contributed by atoms with van der Waals surface area (Å²) in [5, 5.41) is 0. The highest BCUT2D eigenvalue weighted by Crippen LogP contribution is 2.27. The fourth-order valence-corrected chi connectivity index (χ4v) is 3.66. The largest absolute Gasteiger partial charge is 0.448 e. The van der Waals surface area contributed by atoms with Crippen molar-refractivity contribution in [3.8, 4) is 0 Å². The minimum Gasteiger partial charge on any atom is -0.448 e. The molecule has 0 fully saturated rings. The van der Waals surface area contributed by atoms with Crippen LogP contribution in [0.1, 0.15) is 27.0 Å². The maximum Gasteiger partial charge on any atom is 0.339 e. The van der Waals surface area contributed by atoms with Crippen molar-refractivity contribution in [2.75, 3.05) is 0 Å². The van der Waals surface area contributed by atoms with Gasteiger partial charge in [0.1, 0.15) is 6.04 Å². The SMILES string of the molecule is NC(=O)[C@H]1Cc2ccccc2CN1C(=O)[C@@H]1Cc2ccccc2C(=O)O1. The molecule has 0 saturated heterocycles. The number of ether oxygens (including phenoxy) is 1. The molecule has 2 amide bonds. The Morgan fingerprint density at radius 3 is 2.35 bits per heavy atom. The lowest BCUT2D eigenvalue weighted by atomic mass is 9.92. The summed E-state index contributed by atoms with van der Waals surface area (Å²) in [6, 6.07) is 14.0. The Morgan fingerprint density at radius 1 is 0.962 bits per heavy atom. The number of hydrogen-bond acceptors (Lipinski definition) is 4. The molecule has 0 saturated carbocycles. The Kier molecular flexibility index (Phi) is 3.95. The van der Waals surface area contributed by atoms with E-state index in [-0.39, 0.29) is 12.5 Å². The van der Waals surface area contributed by atoms with Crippen molar-refractivity contribution in [1.29, 1.82) is 0 Å². The van der Waals surface area contributed by atoms with Gasteiger partial charge in [0.15, 0.2) is 6.10 Å². The van der Waals surface area contributed by atoms with Crippen LogP contribution < -0.4 is 5.73 Å². The fraction of sp³-hybridized carbons (Fsp3) is 0.250. The number of rotatable bonds is 2. The van der Waals surface area contributed by atoms with Gasteiger partial charge in [-0.05, 0) is 22.8 Å². The zero-order valence-electron chi connectivity index (χ0n) is 14.1.